The lowest BCUT2D eigenvalue weighted by Crippen LogP contribution is -1.85. The first kappa shape index (κ1) is 73.1. The van der Waals surface area contributed by atoms with Gasteiger partial charge in [0.05, 0.1) is 19.5 Å². The van der Waals surface area contributed by atoms with Gasteiger partial charge in [0.15, 0.2) is 0 Å². The maximum Gasteiger partial charge on any atom is 0.144 e. The van der Waals surface area contributed by atoms with E-state index in [1.165, 1.54) is 274 Å². The zero-order chi connectivity index (χ0) is 67.4. The van der Waals surface area contributed by atoms with Gasteiger partial charge in [0, 0.05) is 78.0 Å². The Labute approximate surface area is 626 Å². The number of hydrogen-bond donors (Lipinski definition) is 0. The lowest BCUT2D eigenvalue weighted by molar-refractivity contribution is 0.600. The van der Waals surface area contributed by atoms with Gasteiger partial charge in [-0.1, -0.05) is 157 Å². The molecule has 12 rings (SSSR count). The quantitative estimate of drug-likeness (QED) is 0.0357. The second kappa shape index (κ2) is 37.5. The van der Waals surface area contributed by atoms with Crippen LogP contribution in [0.15, 0.2) is 130 Å². The summed E-state index contributed by atoms with van der Waals surface area (Å²) in [6.45, 7) is 13.8. The first-order chi connectivity index (χ1) is 48.3. The normalized spacial score (nSPS) is 11.9. The molecule has 2 nitrogen and oxygen atoms in total. The van der Waals surface area contributed by atoms with Crippen LogP contribution in [-0.2, 0) is 38.5 Å². The molecule has 0 aliphatic heterocycles. The number of rotatable bonds is 42. The summed E-state index contributed by atoms with van der Waals surface area (Å²) >= 11 is 19.5. The summed E-state index contributed by atoms with van der Waals surface area (Å²) in [5.74, 6) is 3.95. The van der Waals surface area contributed by atoms with E-state index in [9.17, 15) is 0 Å². The van der Waals surface area contributed by atoms with Crippen LogP contribution < -0.4 is 0 Å². The monoisotopic (exact) mass is 1480 g/mol. The van der Waals surface area contributed by atoms with Crippen molar-refractivity contribution in [3.63, 3.8) is 0 Å². The number of furan rings is 2. The van der Waals surface area contributed by atoms with E-state index in [-0.39, 0.29) is 0 Å². The van der Waals surface area contributed by atoms with Crippen molar-refractivity contribution >= 4 is 126 Å². The Bertz CT molecular complexity index is 4090. The molecule has 0 atom stereocenters. The Kier molecular flexibility index (Phi) is 27.9. The smallest absolute Gasteiger partial charge is 0.144 e. The molecular weight excluding hydrogens is 1390 g/mol. The van der Waals surface area contributed by atoms with Crippen LogP contribution in [0.2, 0.25) is 0 Å². The predicted molar refractivity (Wildman–Crippen MR) is 447 cm³/mol. The van der Waals surface area contributed by atoms with Crippen LogP contribution >= 0.6 is 113 Å². The van der Waals surface area contributed by atoms with Gasteiger partial charge in [-0.05, 0) is 233 Å². The van der Waals surface area contributed by atoms with E-state index in [1.807, 2.05) is 113 Å². The number of thiophene rings is 10. The standard InChI is InChI=1S/C86H100O2S10/c1-7-13-19-25-31-59-55-65(91-83(59)77-51-47-73(93-77)75-49-53-79(95-75)85-61(33-27-21-15-9-3)57-81(97-85)69-43-41-67(87-69)71-45-39-63(89-71)35-29-23-17-11-5)37-38-66-56-60(32-26-20-14-8-2)84(92-66)78-52-48-74(94-78)76-50-54-80(96-76)86-62(34-28-22-16-10-4)58-82(98-86)70-44-42-68(88-70)72-46-40-64(90-72)36-30-24-18-12-6/h37-58H,7-36H2,1-6H3. The molecule has 12 heteroatoms. The van der Waals surface area contributed by atoms with Gasteiger partial charge < -0.3 is 8.83 Å². The fraction of sp³-hybridized carbons (Fsp3) is 0.419. The minimum absolute atomic E-state index is 0.987. The lowest BCUT2D eigenvalue weighted by atomic mass is 10.1. The summed E-state index contributed by atoms with van der Waals surface area (Å²) in [6, 6.07) is 47.0. The average Bonchev–Trinajstić information content (AvgIpc) is 1.65. The number of unbranched alkanes of at least 4 members (excludes halogenated alkanes) is 18. The molecule has 0 saturated carbocycles. The predicted octanol–water partition coefficient (Wildman–Crippen LogP) is 33.1. The van der Waals surface area contributed by atoms with Crippen molar-refractivity contribution in [2.45, 2.75) is 234 Å². The molecule has 0 N–H and O–H groups in total. The highest BCUT2D eigenvalue weighted by Crippen LogP contribution is 2.51. The third kappa shape index (κ3) is 19.3. The fourth-order valence-electron chi connectivity index (χ4n) is 13.2. The summed E-state index contributed by atoms with van der Waals surface area (Å²) in [5, 5.41) is 0. The Morgan fingerprint density at radius 1 is 0.224 bits per heavy atom. The van der Waals surface area contributed by atoms with Gasteiger partial charge >= 0.3 is 0 Å². The van der Waals surface area contributed by atoms with E-state index >= 15 is 0 Å². The number of hydrogen-bond acceptors (Lipinski definition) is 12. The molecule has 12 heterocycles. The molecule has 0 bridgehead atoms. The Morgan fingerprint density at radius 3 is 0.806 bits per heavy atom. The molecule has 0 fully saturated rings. The maximum atomic E-state index is 6.69. The van der Waals surface area contributed by atoms with E-state index in [2.05, 4.69) is 175 Å². The van der Waals surface area contributed by atoms with Gasteiger partial charge in [-0.2, -0.15) is 0 Å². The SMILES string of the molecule is CCCCCCc1ccc(-c2ccc(-c3cc(CCCCCC)c(-c4ccc(-c5ccc(-c6sc(C=Cc7cc(CCCCCC)c(-c8ccc(-c9ccc(-c%10sc(-c%11ccc(-c%12ccc(CCCCCC)s%12)o%11)cc%10CCCCCC)s9)s8)s7)cc6CCCCCC)s5)s4)s3)o2)s1. The van der Waals surface area contributed by atoms with Gasteiger partial charge in [0.25, 0.3) is 0 Å². The minimum Gasteiger partial charge on any atom is -0.454 e. The molecule has 0 saturated heterocycles. The van der Waals surface area contributed by atoms with Gasteiger partial charge in [-0.3, -0.25) is 0 Å². The molecule has 516 valence electrons. The van der Waals surface area contributed by atoms with E-state index in [4.69, 9.17) is 8.83 Å². The minimum atomic E-state index is 0.987. The Hall–Kier alpha value is -4.70. The highest BCUT2D eigenvalue weighted by Gasteiger charge is 2.23. The number of aryl methyl sites for hydroxylation is 6. The van der Waals surface area contributed by atoms with Crippen LogP contribution in [0.4, 0.5) is 0 Å². The van der Waals surface area contributed by atoms with Gasteiger partial charge in [0.2, 0.25) is 0 Å². The van der Waals surface area contributed by atoms with Crippen molar-refractivity contribution in [3.8, 4) is 101 Å². The molecule has 0 aliphatic rings. The molecule has 12 aromatic rings. The second-order valence-corrected chi connectivity index (χ2v) is 37.6. The van der Waals surface area contributed by atoms with Crippen LogP contribution in [-0.4, -0.2) is 0 Å². The van der Waals surface area contributed by atoms with Crippen LogP contribution in [0.1, 0.15) is 237 Å². The third-order valence-electron chi connectivity index (χ3n) is 18.7. The zero-order valence-corrected chi connectivity index (χ0v) is 67.0. The van der Waals surface area contributed by atoms with E-state index in [0.29, 0.717) is 0 Å². The summed E-state index contributed by atoms with van der Waals surface area (Å²) in [4.78, 5) is 27.3. The molecule has 98 heavy (non-hydrogen) atoms. The van der Waals surface area contributed by atoms with E-state index in [0.717, 1.165) is 61.6 Å². The largest absolute Gasteiger partial charge is 0.454 e. The van der Waals surface area contributed by atoms with Crippen molar-refractivity contribution < 1.29 is 8.83 Å². The van der Waals surface area contributed by atoms with Crippen molar-refractivity contribution in [2.24, 2.45) is 0 Å². The topological polar surface area (TPSA) is 26.3 Å². The van der Waals surface area contributed by atoms with Crippen LogP contribution in [0.3, 0.4) is 0 Å². The molecule has 0 radical (unpaired) electrons. The Balaban J connectivity index is 0.762. The average molecular weight is 1490 g/mol. The zero-order valence-electron chi connectivity index (χ0n) is 58.8. The van der Waals surface area contributed by atoms with Crippen LogP contribution in [0, 0.1) is 0 Å². The summed E-state index contributed by atoms with van der Waals surface area (Å²) < 4.78 is 13.4. The molecule has 0 aromatic carbocycles. The molecular formula is C86H100O2S10. The fourth-order valence-corrected chi connectivity index (χ4v) is 24.6. The summed E-state index contributed by atoms with van der Waals surface area (Å²) in [5.41, 5.74) is 5.93. The van der Waals surface area contributed by atoms with Crippen molar-refractivity contribution in [2.75, 3.05) is 0 Å². The Morgan fingerprint density at radius 2 is 0.490 bits per heavy atom. The second-order valence-electron chi connectivity index (χ2n) is 26.6. The van der Waals surface area contributed by atoms with Crippen molar-refractivity contribution in [1.29, 1.82) is 0 Å². The first-order valence-corrected chi connectivity index (χ1v) is 45.4. The molecule has 0 aliphatic carbocycles. The van der Waals surface area contributed by atoms with Gasteiger partial charge in [0.1, 0.15) is 23.0 Å². The van der Waals surface area contributed by atoms with Crippen molar-refractivity contribution in [3.05, 3.63) is 163 Å². The summed E-state index contributed by atoms with van der Waals surface area (Å²) in [6.07, 6.45) is 42.1. The van der Waals surface area contributed by atoms with Gasteiger partial charge in [-0.15, -0.1) is 113 Å². The maximum absolute atomic E-state index is 6.69. The lowest BCUT2D eigenvalue weighted by Gasteiger charge is -2.02. The molecule has 0 spiro atoms. The van der Waals surface area contributed by atoms with E-state index < -0.39 is 0 Å². The summed E-state index contributed by atoms with van der Waals surface area (Å²) in [7, 11) is 0. The van der Waals surface area contributed by atoms with E-state index in [1.54, 1.807) is 0 Å². The molecule has 12 aromatic heterocycles. The van der Waals surface area contributed by atoms with Gasteiger partial charge in [-0.25, -0.2) is 0 Å². The molecule has 0 amide bonds. The first-order valence-electron chi connectivity index (χ1n) is 37.3. The highest BCUT2D eigenvalue weighted by molar-refractivity contribution is 7.30. The van der Waals surface area contributed by atoms with Crippen molar-refractivity contribution in [1.82, 2.24) is 0 Å². The van der Waals surface area contributed by atoms with Crippen LogP contribution in [0.25, 0.3) is 113 Å². The van der Waals surface area contributed by atoms with Crippen LogP contribution in [0.5, 0.6) is 0 Å². The highest BCUT2D eigenvalue weighted by atomic mass is 32.1. The molecule has 0 unspecified atom stereocenters. The third-order valence-corrected chi connectivity index (χ3v) is 31.2.